The van der Waals surface area contributed by atoms with E-state index < -0.39 is 22.5 Å². The number of nitro benzene ring substituents is 1. The summed E-state index contributed by atoms with van der Waals surface area (Å²) >= 11 is 2.66. The number of thioether (sulfide) groups is 1. The lowest BCUT2D eigenvalue weighted by Gasteiger charge is -2.24. The number of fused-ring (bicyclic) bond motifs is 1. The molecule has 0 N–H and O–H groups in total. The Labute approximate surface area is 226 Å². The van der Waals surface area contributed by atoms with Gasteiger partial charge in [-0.3, -0.25) is 19.5 Å². The molecule has 0 radical (unpaired) electrons. The Bertz CT molecular complexity index is 1620. The Hall–Kier alpha value is -3.90. The van der Waals surface area contributed by atoms with Crippen molar-refractivity contribution >= 4 is 40.8 Å². The first kappa shape index (κ1) is 27.1. The molecular formula is C26H25N3O7S2. The van der Waals surface area contributed by atoms with Gasteiger partial charge < -0.3 is 14.2 Å². The van der Waals surface area contributed by atoms with Crippen LogP contribution in [0.5, 0.6) is 11.5 Å². The monoisotopic (exact) mass is 555 g/mol. The SMILES string of the molecule is CCOC(=O)C1=C(C)N=c2s/c(=C\c3cc(OC)c(OC)cc3[N+](=O)[O-])c(=O)n2[C@@H]1c1ccc(SC)cc1. The minimum atomic E-state index is -0.774. The number of benzene rings is 2. The maximum atomic E-state index is 13.8. The Kier molecular flexibility index (Phi) is 8.02. The molecule has 0 fully saturated rings. The average Bonchev–Trinajstić information content (AvgIpc) is 3.21. The highest BCUT2D eigenvalue weighted by Gasteiger charge is 2.33. The van der Waals surface area contributed by atoms with Crippen LogP contribution in [0.25, 0.3) is 6.08 Å². The number of carbonyl (C=O) groups is 1. The van der Waals surface area contributed by atoms with Crippen LogP contribution in [0.4, 0.5) is 5.69 Å². The van der Waals surface area contributed by atoms with Crippen LogP contribution in [0.15, 0.2) is 62.4 Å². The number of thiazole rings is 1. The van der Waals surface area contributed by atoms with Gasteiger partial charge in [-0.1, -0.05) is 23.5 Å². The molecule has 1 atom stereocenters. The number of esters is 1. The summed E-state index contributed by atoms with van der Waals surface area (Å²) in [6, 6.07) is 9.49. The van der Waals surface area contributed by atoms with Gasteiger partial charge in [0.25, 0.3) is 11.2 Å². The van der Waals surface area contributed by atoms with Crippen LogP contribution < -0.4 is 24.4 Å². The highest BCUT2D eigenvalue weighted by molar-refractivity contribution is 7.98. The zero-order valence-electron chi connectivity index (χ0n) is 21.3. The molecule has 0 saturated heterocycles. The fourth-order valence-electron chi connectivity index (χ4n) is 4.19. The van der Waals surface area contributed by atoms with Crippen molar-refractivity contribution in [3.05, 3.63) is 88.6 Å². The maximum Gasteiger partial charge on any atom is 0.338 e. The average molecular weight is 556 g/mol. The lowest BCUT2D eigenvalue weighted by molar-refractivity contribution is -0.385. The number of nitro groups is 1. The third kappa shape index (κ3) is 4.96. The topological polar surface area (TPSA) is 122 Å². The molecule has 12 heteroatoms. The van der Waals surface area contributed by atoms with Crippen molar-refractivity contribution in [2.75, 3.05) is 27.1 Å². The van der Waals surface area contributed by atoms with Gasteiger partial charge in [-0.25, -0.2) is 9.79 Å². The molecule has 0 unspecified atom stereocenters. The molecule has 1 aromatic heterocycles. The predicted octanol–water partition coefficient (Wildman–Crippen LogP) is 3.45. The van der Waals surface area contributed by atoms with E-state index in [4.69, 9.17) is 14.2 Å². The van der Waals surface area contributed by atoms with Gasteiger partial charge >= 0.3 is 5.97 Å². The molecule has 0 spiro atoms. The molecule has 0 aliphatic carbocycles. The maximum absolute atomic E-state index is 13.8. The highest BCUT2D eigenvalue weighted by Crippen LogP contribution is 2.35. The van der Waals surface area contributed by atoms with E-state index >= 15 is 0 Å². The quantitative estimate of drug-likeness (QED) is 0.179. The molecule has 1 aliphatic rings. The Morgan fingerprint density at radius 3 is 2.45 bits per heavy atom. The normalized spacial score (nSPS) is 15.1. The molecule has 3 aromatic rings. The lowest BCUT2D eigenvalue weighted by Crippen LogP contribution is -2.39. The van der Waals surface area contributed by atoms with Crippen LogP contribution in [-0.2, 0) is 9.53 Å². The number of carbonyl (C=O) groups excluding carboxylic acids is 1. The van der Waals surface area contributed by atoms with Gasteiger partial charge in [-0.15, -0.1) is 11.8 Å². The summed E-state index contributed by atoms with van der Waals surface area (Å²) in [5.74, 6) is -0.0805. The van der Waals surface area contributed by atoms with Crippen molar-refractivity contribution in [1.82, 2.24) is 4.57 Å². The summed E-state index contributed by atoms with van der Waals surface area (Å²) in [4.78, 5) is 44.0. The van der Waals surface area contributed by atoms with Gasteiger partial charge in [-0.2, -0.15) is 0 Å². The van der Waals surface area contributed by atoms with E-state index in [2.05, 4.69) is 4.99 Å². The van der Waals surface area contributed by atoms with Crippen LogP contribution in [0.3, 0.4) is 0 Å². The highest BCUT2D eigenvalue weighted by atomic mass is 32.2. The Morgan fingerprint density at radius 1 is 1.21 bits per heavy atom. The standard InChI is InChI=1S/C26H25N3O7S2/c1-6-36-25(31)22-14(2)27-26-28(23(22)15-7-9-17(37-5)10-8-15)24(30)21(38-26)12-16-11-19(34-3)20(35-4)13-18(16)29(32)33/h7-13,23H,6H2,1-5H3/b21-12-/t23-/m1/s1. The number of aromatic nitrogens is 1. The summed E-state index contributed by atoms with van der Waals surface area (Å²) in [5, 5.41) is 11.8. The third-order valence-electron chi connectivity index (χ3n) is 5.96. The molecule has 2 aromatic carbocycles. The molecule has 10 nitrogen and oxygen atoms in total. The van der Waals surface area contributed by atoms with E-state index in [1.54, 1.807) is 25.6 Å². The molecule has 198 valence electrons. The van der Waals surface area contributed by atoms with Gasteiger partial charge in [-0.05, 0) is 49.9 Å². The first-order chi connectivity index (χ1) is 18.2. The van der Waals surface area contributed by atoms with E-state index in [1.807, 2.05) is 30.5 Å². The number of hydrogen-bond acceptors (Lipinski definition) is 10. The van der Waals surface area contributed by atoms with E-state index in [9.17, 15) is 19.7 Å². The smallest absolute Gasteiger partial charge is 0.338 e. The van der Waals surface area contributed by atoms with Crippen LogP contribution in [0, 0.1) is 10.1 Å². The minimum Gasteiger partial charge on any atom is -0.493 e. The van der Waals surface area contributed by atoms with Crippen LogP contribution in [0.2, 0.25) is 0 Å². The van der Waals surface area contributed by atoms with E-state index in [1.165, 1.54) is 37.0 Å². The second-order valence-corrected chi connectivity index (χ2v) is 9.99. The molecule has 2 heterocycles. The zero-order valence-corrected chi connectivity index (χ0v) is 23.0. The number of methoxy groups -OCH3 is 2. The summed E-state index contributed by atoms with van der Waals surface area (Å²) in [7, 11) is 2.80. The van der Waals surface area contributed by atoms with Crippen molar-refractivity contribution in [2.24, 2.45) is 4.99 Å². The molecule has 1 aliphatic heterocycles. The first-order valence-corrected chi connectivity index (χ1v) is 13.5. The molecule has 0 amide bonds. The van der Waals surface area contributed by atoms with Gasteiger partial charge in [0.2, 0.25) is 0 Å². The van der Waals surface area contributed by atoms with Crippen molar-refractivity contribution < 1.29 is 23.9 Å². The molecule has 0 bridgehead atoms. The van der Waals surface area contributed by atoms with Crippen molar-refractivity contribution in [3.63, 3.8) is 0 Å². The van der Waals surface area contributed by atoms with Crippen LogP contribution >= 0.6 is 23.1 Å². The zero-order chi connectivity index (χ0) is 27.6. The minimum absolute atomic E-state index is 0.167. The van der Waals surface area contributed by atoms with Gasteiger partial charge in [0, 0.05) is 4.90 Å². The van der Waals surface area contributed by atoms with Gasteiger partial charge in [0.15, 0.2) is 16.3 Å². The van der Waals surface area contributed by atoms with E-state index in [0.29, 0.717) is 16.1 Å². The van der Waals surface area contributed by atoms with E-state index in [0.717, 1.165) is 16.2 Å². The van der Waals surface area contributed by atoms with Crippen LogP contribution in [-0.4, -0.2) is 42.5 Å². The number of hydrogen-bond donors (Lipinski definition) is 0. The van der Waals surface area contributed by atoms with E-state index in [-0.39, 0.29) is 39.5 Å². The number of nitrogens with zero attached hydrogens (tertiary/aromatic N) is 3. The van der Waals surface area contributed by atoms with Crippen molar-refractivity contribution in [1.29, 1.82) is 0 Å². The summed E-state index contributed by atoms with van der Waals surface area (Å²) < 4.78 is 17.5. The lowest BCUT2D eigenvalue weighted by atomic mass is 9.96. The molecule has 38 heavy (non-hydrogen) atoms. The fraction of sp³-hybridized carbons (Fsp3) is 0.269. The Balaban J connectivity index is 1.98. The second-order valence-electron chi connectivity index (χ2n) is 8.10. The largest absolute Gasteiger partial charge is 0.493 e. The summed E-state index contributed by atoms with van der Waals surface area (Å²) in [6.45, 7) is 3.58. The first-order valence-electron chi connectivity index (χ1n) is 11.5. The summed E-state index contributed by atoms with van der Waals surface area (Å²) in [5.41, 5.74) is 0.893. The van der Waals surface area contributed by atoms with Crippen molar-refractivity contribution in [2.45, 2.75) is 24.8 Å². The predicted molar refractivity (Wildman–Crippen MR) is 145 cm³/mol. The van der Waals surface area contributed by atoms with Gasteiger partial charge in [0.1, 0.15) is 0 Å². The number of allylic oxidation sites excluding steroid dienone is 1. The third-order valence-corrected chi connectivity index (χ3v) is 7.69. The number of rotatable bonds is 8. The van der Waals surface area contributed by atoms with Crippen LogP contribution in [0.1, 0.15) is 31.0 Å². The van der Waals surface area contributed by atoms with Crippen molar-refractivity contribution in [3.8, 4) is 11.5 Å². The van der Waals surface area contributed by atoms with Gasteiger partial charge in [0.05, 0.1) is 59.2 Å². The summed E-state index contributed by atoms with van der Waals surface area (Å²) in [6.07, 6.45) is 3.39. The fourth-order valence-corrected chi connectivity index (χ4v) is 5.64. The Morgan fingerprint density at radius 2 is 1.87 bits per heavy atom. The number of ether oxygens (including phenoxy) is 3. The second kappa shape index (κ2) is 11.2. The molecular weight excluding hydrogens is 530 g/mol. The molecule has 0 saturated carbocycles. The molecule has 4 rings (SSSR count).